The molecule has 2 heterocycles. The molecule has 0 amide bonds. The van der Waals surface area contributed by atoms with Crippen molar-refractivity contribution in [3.8, 4) is 12.1 Å². The molecule has 1 aromatic heterocycles. The fraction of sp³-hybridized carbons (Fsp3) is 0.115. The van der Waals surface area contributed by atoms with E-state index in [0.29, 0.717) is 31.4 Å². The van der Waals surface area contributed by atoms with E-state index in [-0.39, 0.29) is 17.0 Å². The Morgan fingerprint density at radius 2 is 1.47 bits per heavy atom. The molecule has 1 aliphatic heterocycles. The fourth-order valence-corrected chi connectivity index (χ4v) is 5.03. The van der Waals surface area contributed by atoms with Crippen LogP contribution in [-0.4, -0.2) is 30.7 Å². The van der Waals surface area contributed by atoms with E-state index in [2.05, 4.69) is 6.07 Å². The molecule has 36 heavy (non-hydrogen) atoms. The second kappa shape index (κ2) is 9.74. The van der Waals surface area contributed by atoms with Gasteiger partial charge < -0.3 is 15.2 Å². The van der Waals surface area contributed by atoms with Gasteiger partial charge in [-0.05, 0) is 41.5 Å². The highest BCUT2D eigenvalue weighted by Crippen LogP contribution is 2.35. The van der Waals surface area contributed by atoms with Crippen LogP contribution in [0.1, 0.15) is 37.8 Å². The van der Waals surface area contributed by atoms with E-state index in [0.717, 1.165) is 11.3 Å². The van der Waals surface area contributed by atoms with Crippen molar-refractivity contribution in [3.05, 3.63) is 95.9 Å². The molecule has 9 nitrogen and oxygen atoms in total. The molecule has 0 aliphatic carbocycles. The number of thiazole rings is 1. The second-order valence-corrected chi connectivity index (χ2v) is 8.68. The molecule has 10 heteroatoms. The highest BCUT2D eigenvalue weighted by molar-refractivity contribution is 7.07. The van der Waals surface area contributed by atoms with Gasteiger partial charge >= 0.3 is 11.9 Å². The molecular weight excluding hydrogens is 480 g/mol. The summed E-state index contributed by atoms with van der Waals surface area (Å²) in [5, 5.41) is 19.9. The summed E-state index contributed by atoms with van der Waals surface area (Å²) in [5.74, 6) is -1.86. The van der Waals surface area contributed by atoms with Crippen molar-refractivity contribution in [2.75, 3.05) is 14.2 Å². The maximum atomic E-state index is 13.2. The van der Waals surface area contributed by atoms with Gasteiger partial charge in [-0.25, -0.2) is 9.59 Å². The number of carbonyl (C=O) groups is 2. The van der Waals surface area contributed by atoms with Crippen LogP contribution >= 0.6 is 11.3 Å². The molecule has 0 saturated heterocycles. The smallest absolute Gasteiger partial charge is 0.337 e. The third-order valence-electron chi connectivity index (χ3n) is 5.68. The van der Waals surface area contributed by atoms with Gasteiger partial charge in [-0.2, -0.15) is 10.5 Å². The topological polar surface area (TPSA) is 148 Å². The van der Waals surface area contributed by atoms with Crippen LogP contribution in [0.3, 0.4) is 0 Å². The monoisotopic (exact) mass is 498 g/mol. The molecular formula is C26H18N4O5S. The first-order chi connectivity index (χ1) is 17.3. The van der Waals surface area contributed by atoms with E-state index < -0.39 is 23.4 Å². The molecule has 0 spiro atoms. The van der Waals surface area contributed by atoms with Crippen LogP contribution in [0.5, 0.6) is 0 Å². The maximum absolute atomic E-state index is 13.2. The summed E-state index contributed by atoms with van der Waals surface area (Å²) in [5.41, 5.74) is 7.95. The molecule has 0 fully saturated rings. The summed E-state index contributed by atoms with van der Waals surface area (Å²) in [6, 6.07) is 17.0. The third kappa shape index (κ3) is 4.06. The Morgan fingerprint density at radius 3 is 1.97 bits per heavy atom. The standard InChI is InChI=1S/C26H18N4O5S/c1-34-25(32)16-5-3-14(4-6-16)11-20-23(31)30-22(29)18(12-27)21(19(13-28)24(30)36-20)15-7-9-17(10-8-15)26(33)35-2/h3-11,21H,29H2,1-2H3. The first-order valence-electron chi connectivity index (χ1n) is 10.5. The Bertz CT molecular complexity index is 1680. The quantitative estimate of drug-likeness (QED) is 0.531. The summed E-state index contributed by atoms with van der Waals surface area (Å²) in [7, 11) is 2.56. The molecule has 1 atom stereocenters. The molecule has 4 rings (SSSR count). The minimum absolute atomic E-state index is 0.0544. The summed E-state index contributed by atoms with van der Waals surface area (Å²) in [6.07, 6.45) is 1.62. The normalized spacial score (nSPS) is 15.1. The van der Waals surface area contributed by atoms with Crippen molar-refractivity contribution >= 4 is 40.7 Å². The molecule has 0 radical (unpaired) electrons. The lowest BCUT2D eigenvalue weighted by Crippen LogP contribution is -2.38. The maximum Gasteiger partial charge on any atom is 0.337 e. The number of methoxy groups -OCH3 is 2. The van der Waals surface area contributed by atoms with E-state index in [1.807, 2.05) is 6.07 Å². The fourth-order valence-electron chi connectivity index (χ4n) is 3.90. The van der Waals surface area contributed by atoms with Crippen LogP contribution in [0.4, 0.5) is 0 Å². The highest BCUT2D eigenvalue weighted by atomic mass is 32.1. The summed E-state index contributed by atoms with van der Waals surface area (Å²) >= 11 is 1.08. The van der Waals surface area contributed by atoms with Gasteiger partial charge in [-0.1, -0.05) is 24.3 Å². The minimum Gasteiger partial charge on any atom is -0.465 e. The number of hydrogen-bond donors (Lipinski definition) is 1. The van der Waals surface area contributed by atoms with E-state index in [1.165, 1.54) is 30.9 Å². The van der Waals surface area contributed by atoms with E-state index >= 15 is 0 Å². The lowest BCUT2D eigenvalue weighted by molar-refractivity contribution is 0.0592. The largest absolute Gasteiger partial charge is 0.465 e. The summed E-state index contributed by atoms with van der Waals surface area (Å²) in [4.78, 5) is 36.7. The van der Waals surface area contributed by atoms with Gasteiger partial charge in [-0.3, -0.25) is 9.36 Å². The Kier molecular flexibility index (Phi) is 6.55. The number of benzene rings is 2. The number of ether oxygens (including phenoxy) is 2. The third-order valence-corrected chi connectivity index (χ3v) is 6.79. The molecule has 0 saturated carbocycles. The SMILES string of the molecule is COC(=O)c1ccc(C=c2sc3n(c2=O)C(N)=C(C#N)C(c2ccc(C(=O)OC)cc2)C=3C#N)cc1. The Hall–Kier alpha value is -4.93. The predicted octanol–water partition coefficient (Wildman–Crippen LogP) is 1.43. The van der Waals surface area contributed by atoms with Gasteiger partial charge in [0.2, 0.25) is 0 Å². The summed E-state index contributed by atoms with van der Waals surface area (Å²) in [6.45, 7) is 0. The molecule has 3 aromatic rings. The van der Waals surface area contributed by atoms with Crippen molar-refractivity contribution in [1.29, 1.82) is 10.5 Å². The predicted molar refractivity (Wildman–Crippen MR) is 132 cm³/mol. The van der Waals surface area contributed by atoms with Gasteiger partial charge in [0.1, 0.15) is 10.5 Å². The van der Waals surface area contributed by atoms with Crippen LogP contribution in [0, 0.1) is 22.7 Å². The van der Waals surface area contributed by atoms with E-state index in [1.54, 1.807) is 42.5 Å². The Labute approximate surface area is 208 Å². The number of nitriles is 2. The van der Waals surface area contributed by atoms with Gasteiger partial charge in [0.05, 0.1) is 59.1 Å². The molecule has 2 aromatic carbocycles. The lowest BCUT2D eigenvalue weighted by Gasteiger charge is -2.22. The minimum atomic E-state index is -0.808. The van der Waals surface area contributed by atoms with Crippen molar-refractivity contribution in [3.63, 3.8) is 0 Å². The number of fused-ring (bicyclic) bond motifs is 1. The van der Waals surface area contributed by atoms with E-state index in [9.17, 15) is 24.9 Å². The molecule has 178 valence electrons. The van der Waals surface area contributed by atoms with Gasteiger partial charge in [-0.15, -0.1) is 11.3 Å². The number of hydrogen-bond acceptors (Lipinski definition) is 9. The van der Waals surface area contributed by atoms with Crippen LogP contribution in [0.15, 0.2) is 58.9 Å². The number of allylic oxidation sites excluding steroid dienone is 1. The first kappa shape index (κ1) is 24.2. The van der Waals surface area contributed by atoms with Crippen molar-refractivity contribution in [1.82, 2.24) is 4.57 Å². The average Bonchev–Trinajstić information content (AvgIpc) is 3.23. The lowest BCUT2D eigenvalue weighted by atomic mass is 9.84. The van der Waals surface area contributed by atoms with Gasteiger partial charge in [0, 0.05) is 0 Å². The number of carbonyl (C=O) groups excluding carboxylic acids is 2. The average molecular weight is 499 g/mol. The Morgan fingerprint density at radius 1 is 0.944 bits per heavy atom. The zero-order valence-corrected chi connectivity index (χ0v) is 20.0. The number of nitrogens with two attached hydrogens (primary N) is 1. The van der Waals surface area contributed by atoms with Crippen LogP contribution in [0.2, 0.25) is 0 Å². The highest BCUT2D eigenvalue weighted by Gasteiger charge is 2.32. The first-order valence-corrected chi connectivity index (χ1v) is 11.3. The second-order valence-electron chi connectivity index (χ2n) is 7.65. The molecule has 0 bridgehead atoms. The summed E-state index contributed by atoms with van der Waals surface area (Å²) < 4.78 is 11.2. The molecule has 1 aliphatic rings. The number of rotatable bonds is 4. The number of nitrogens with zero attached hydrogens (tertiary/aromatic N) is 3. The zero-order chi connectivity index (χ0) is 26.0. The van der Waals surface area contributed by atoms with Gasteiger partial charge in [0.25, 0.3) is 5.56 Å². The Balaban J connectivity index is 1.90. The van der Waals surface area contributed by atoms with Crippen molar-refractivity contribution in [2.24, 2.45) is 5.73 Å². The number of esters is 2. The van der Waals surface area contributed by atoms with Crippen molar-refractivity contribution < 1.29 is 19.1 Å². The molecule has 1 unspecified atom stereocenters. The van der Waals surface area contributed by atoms with Crippen LogP contribution < -0.4 is 20.5 Å². The molecule has 2 N–H and O–H groups in total. The van der Waals surface area contributed by atoms with E-state index in [4.69, 9.17) is 15.2 Å². The van der Waals surface area contributed by atoms with Gasteiger partial charge in [0.15, 0.2) is 0 Å². The number of aromatic nitrogens is 1. The van der Waals surface area contributed by atoms with Crippen LogP contribution in [0.25, 0.3) is 17.5 Å². The van der Waals surface area contributed by atoms with Crippen molar-refractivity contribution in [2.45, 2.75) is 5.92 Å². The van der Waals surface area contributed by atoms with Crippen LogP contribution in [-0.2, 0) is 9.47 Å². The zero-order valence-electron chi connectivity index (χ0n) is 19.1.